The van der Waals surface area contributed by atoms with Crippen LogP contribution >= 0.6 is 0 Å². The molecule has 3 N–H and O–H groups in total. The molecule has 1 atom stereocenters. The molecule has 3 heterocycles. The molecule has 1 aromatic heterocycles. The second-order valence-corrected chi connectivity index (χ2v) is 10.4. The summed E-state index contributed by atoms with van der Waals surface area (Å²) in [5, 5.41) is 29.2. The van der Waals surface area contributed by atoms with E-state index in [0.717, 1.165) is 39.6 Å². The van der Waals surface area contributed by atoms with Gasteiger partial charge in [0, 0.05) is 11.3 Å². The monoisotopic (exact) mass is 540 g/mol. The standard InChI is InChI=1S/C33H28N6O2/c1-19-13-15-23(17-20(19)2)34-31-33-36-32-29(21(3)37-39(32)24-9-5-4-6-10-24)30(22-14-16-27(40)28(41)18-22)38(33)26-12-8-7-11-25(26)35-31/h4-18,30,40-41H,1-3H3,(H,34,35)/t30-/m0/s1. The van der Waals surface area contributed by atoms with Crippen LogP contribution in [0.4, 0.5) is 22.9 Å². The summed E-state index contributed by atoms with van der Waals surface area (Å²) in [6, 6.07) is 28.6. The topological polar surface area (TPSA) is 98.3 Å². The first-order valence-electron chi connectivity index (χ1n) is 13.5. The number of phenols is 2. The number of para-hydroxylation sites is 3. The molecule has 0 unspecified atom stereocenters. The van der Waals surface area contributed by atoms with Gasteiger partial charge >= 0.3 is 0 Å². The van der Waals surface area contributed by atoms with E-state index in [2.05, 4.69) is 36.2 Å². The molecule has 8 heteroatoms. The van der Waals surface area contributed by atoms with E-state index < -0.39 is 6.04 Å². The number of nitrogens with one attached hydrogen (secondary N) is 1. The summed E-state index contributed by atoms with van der Waals surface area (Å²) in [6.07, 6.45) is 0. The van der Waals surface area contributed by atoms with Crippen molar-refractivity contribution in [1.29, 1.82) is 0 Å². The second kappa shape index (κ2) is 9.38. The molecule has 0 aliphatic carbocycles. The van der Waals surface area contributed by atoms with Crippen molar-refractivity contribution in [2.45, 2.75) is 26.8 Å². The molecule has 5 aromatic rings. The smallest absolute Gasteiger partial charge is 0.179 e. The maximum Gasteiger partial charge on any atom is 0.179 e. The van der Waals surface area contributed by atoms with Crippen LogP contribution in [0.25, 0.3) is 5.69 Å². The number of aromatic hydroxyl groups is 2. The Balaban J connectivity index is 1.50. The van der Waals surface area contributed by atoms with Crippen LogP contribution in [0.1, 0.15) is 34.0 Å². The number of hydrogen-bond donors (Lipinski definition) is 3. The first-order chi connectivity index (χ1) is 19.9. The Morgan fingerprint density at radius 2 is 1.54 bits per heavy atom. The maximum atomic E-state index is 10.6. The van der Waals surface area contributed by atoms with E-state index in [9.17, 15) is 10.2 Å². The second-order valence-electron chi connectivity index (χ2n) is 10.4. The van der Waals surface area contributed by atoms with E-state index in [0.29, 0.717) is 17.5 Å². The summed E-state index contributed by atoms with van der Waals surface area (Å²) >= 11 is 0. The highest BCUT2D eigenvalue weighted by Crippen LogP contribution is 2.49. The van der Waals surface area contributed by atoms with Crippen LogP contribution < -0.4 is 10.2 Å². The zero-order valence-electron chi connectivity index (χ0n) is 22.9. The van der Waals surface area contributed by atoms with Crippen LogP contribution in [-0.2, 0) is 0 Å². The number of rotatable bonds is 3. The molecule has 2 aliphatic heterocycles. The van der Waals surface area contributed by atoms with Crippen LogP contribution in [0, 0.1) is 20.8 Å². The van der Waals surface area contributed by atoms with E-state index in [1.807, 2.05) is 78.3 Å². The highest BCUT2D eigenvalue weighted by atomic mass is 16.3. The van der Waals surface area contributed by atoms with Crippen molar-refractivity contribution < 1.29 is 10.2 Å². The van der Waals surface area contributed by atoms with Gasteiger partial charge < -0.3 is 20.4 Å². The molecule has 0 bridgehead atoms. The molecule has 0 spiro atoms. The Labute approximate surface area is 237 Å². The lowest BCUT2D eigenvalue weighted by molar-refractivity contribution is 0.403. The highest BCUT2D eigenvalue weighted by molar-refractivity contribution is 6.51. The fourth-order valence-electron chi connectivity index (χ4n) is 5.53. The largest absolute Gasteiger partial charge is 0.504 e. The molecular weight excluding hydrogens is 512 g/mol. The minimum Gasteiger partial charge on any atom is -0.504 e. The molecule has 202 valence electrons. The number of anilines is 2. The lowest BCUT2D eigenvalue weighted by Gasteiger charge is -2.40. The molecule has 0 saturated heterocycles. The van der Waals surface area contributed by atoms with Crippen molar-refractivity contribution in [2.24, 2.45) is 9.98 Å². The normalized spacial score (nSPS) is 15.4. The van der Waals surface area contributed by atoms with Gasteiger partial charge in [-0.15, -0.1) is 0 Å². The van der Waals surface area contributed by atoms with Crippen molar-refractivity contribution in [3.8, 4) is 17.2 Å². The zero-order chi connectivity index (χ0) is 28.2. The SMILES string of the molecule is Cc1ccc(NC2=Nc3ccccc3N3C2=Nc2c(c(C)nn2-c2ccccc2)[C@@H]3c2ccc(O)c(O)c2)cc1C. The van der Waals surface area contributed by atoms with Crippen LogP contribution in [-0.4, -0.2) is 31.7 Å². The van der Waals surface area contributed by atoms with Crippen molar-refractivity contribution in [2.75, 3.05) is 10.2 Å². The first-order valence-corrected chi connectivity index (χ1v) is 13.5. The molecule has 0 fully saturated rings. The van der Waals surface area contributed by atoms with E-state index >= 15 is 0 Å². The number of aliphatic imine (C=N–C) groups is 2. The molecule has 8 nitrogen and oxygen atoms in total. The van der Waals surface area contributed by atoms with Gasteiger partial charge in [-0.05, 0) is 86.0 Å². The summed E-state index contributed by atoms with van der Waals surface area (Å²) in [6.45, 7) is 6.15. The third kappa shape index (κ3) is 4.03. The van der Waals surface area contributed by atoms with Gasteiger partial charge in [-0.3, -0.25) is 0 Å². The molecule has 41 heavy (non-hydrogen) atoms. The van der Waals surface area contributed by atoms with E-state index in [4.69, 9.17) is 15.1 Å². The van der Waals surface area contributed by atoms with Crippen LogP contribution in [0.15, 0.2) is 101 Å². The van der Waals surface area contributed by atoms with Gasteiger partial charge in [0.05, 0.1) is 28.8 Å². The Bertz CT molecular complexity index is 1890. The summed E-state index contributed by atoms with van der Waals surface area (Å²) < 4.78 is 1.86. The van der Waals surface area contributed by atoms with Gasteiger partial charge in [0.2, 0.25) is 0 Å². The first kappa shape index (κ1) is 24.7. The predicted octanol–water partition coefficient (Wildman–Crippen LogP) is 7.00. The number of fused-ring (bicyclic) bond motifs is 4. The van der Waals surface area contributed by atoms with Gasteiger partial charge in [0.25, 0.3) is 0 Å². The van der Waals surface area contributed by atoms with Crippen LogP contribution in [0.2, 0.25) is 0 Å². The molecule has 4 aromatic carbocycles. The molecule has 0 amide bonds. The minimum atomic E-state index is -0.408. The van der Waals surface area contributed by atoms with E-state index in [-0.39, 0.29) is 11.5 Å². The number of amidine groups is 2. The Morgan fingerprint density at radius 1 is 0.756 bits per heavy atom. The minimum absolute atomic E-state index is 0.173. The maximum absolute atomic E-state index is 10.6. The van der Waals surface area contributed by atoms with E-state index in [1.54, 1.807) is 6.07 Å². The fourth-order valence-corrected chi connectivity index (χ4v) is 5.53. The average Bonchev–Trinajstić information content (AvgIpc) is 3.32. The van der Waals surface area contributed by atoms with Crippen molar-refractivity contribution in [3.05, 3.63) is 119 Å². The average molecular weight is 541 g/mol. The summed E-state index contributed by atoms with van der Waals surface area (Å²) in [5.41, 5.74) is 8.36. The lowest BCUT2D eigenvalue weighted by Crippen LogP contribution is -2.46. The highest BCUT2D eigenvalue weighted by Gasteiger charge is 2.41. The summed E-state index contributed by atoms with van der Waals surface area (Å²) in [5.74, 6) is 1.56. The van der Waals surface area contributed by atoms with Crippen LogP contribution in [0.5, 0.6) is 11.5 Å². The predicted molar refractivity (Wildman–Crippen MR) is 163 cm³/mol. The number of hydrogen-bond acceptors (Lipinski definition) is 7. The molecule has 7 rings (SSSR count). The van der Waals surface area contributed by atoms with Crippen LogP contribution in [0.3, 0.4) is 0 Å². The number of benzene rings is 4. The van der Waals surface area contributed by atoms with Crippen molar-refractivity contribution >= 4 is 34.6 Å². The fraction of sp³-hybridized carbons (Fsp3) is 0.121. The van der Waals surface area contributed by atoms with Crippen molar-refractivity contribution in [1.82, 2.24) is 9.78 Å². The number of aromatic nitrogens is 2. The van der Waals surface area contributed by atoms with Gasteiger partial charge in [0.1, 0.15) is 0 Å². The van der Waals surface area contributed by atoms with E-state index in [1.165, 1.54) is 17.2 Å². The van der Waals surface area contributed by atoms with Gasteiger partial charge in [-0.2, -0.15) is 5.10 Å². The Hall–Kier alpha value is -5.37. The summed E-state index contributed by atoms with van der Waals surface area (Å²) in [4.78, 5) is 12.4. The number of phenolic OH excluding ortho intramolecular Hbond substituents is 2. The lowest BCUT2D eigenvalue weighted by atomic mass is 9.93. The molecular formula is C33H28N6O2. The molecule has 0 radical (unpaired) electrons. The molecule has 0 saturated carbocycles. The Kier molecular flexibility index (Phi) is 5.64. The van der Waals surface area contributed by atoms with Gasteiger partial charge in [0.15, 0.2) is 29.0 Å². The third-order valence-electron chi connectivity index (χ3n) is 7.72. The van der Waals surface area contributed by atoms with Crippen molar-refractivity contribution in [3.63, 3.8) is 0 Å². The number of nitrogens with zero attached hydrogens (tertiary/aromatic N) is 5. The molecule has 2 aliphatic rings. The van der Waals surface area contributed by atoms with Gasteiger partial charge in [-0.25, -0.2) is 14.7 Å². The Morgan fingerprint density at radius 3 is 2.32 bits per heavy atom. The summed E-state index contributed by atoms with van der Waals surface area (Å²) in [7, 11) is 0. The zero-order valence-corrected chi connectivity index (χ0v) is 22.9. The quantitative estimate of drug-likeness (QED) is 0.214. The number of aryl methyl sites for hydroxylation is 3. The van der Waals surface area contributed by atoms with Gasteiger partial charge in [-0.1, -0.05) is 42.5 Å². The third-order valence-corrected chi connectivity index (χ3v) is 7.72.